The van der Waals surface area contributed by atoms with Gasteiger partial charge in [-0.3, -0.25) is 18.5 Å². The fourth-order valence-electron chi connectivity index (χ4n) is 2.74. The lowest BCUT2D eigenvalue weighted by molar-refractivity contribution is 0.219. The lowest BCUT2D eigenvalue weighted by Gasteiger charge is -2.17. The van der Waals surface area contributed by atoms with Crippen molar-refractivity contribution in [2.24, 2.45) is 7.05 Å². The van der Waals surface area contributed by atoms with Gasteiger partial charge < -0.3 is 13.6 Å². The lowest BCUT2D eigenvalue weighted by atomic mass is 10.4. The Morgan fingerprint density at radius 3 is 2.36 bits per heavy atom. The van der Waals surface area contributed by atoms with Gasteiger partial charge in [0.15, 0.2) is 11.2 Å². The Hall–Kier alpha value is -1.70. The molecule has 0 bridgehead atoms. The van der Waals surface area contributed by atoms with Gasteiger partial charge >= 0.3 is 13.3 Å². The topological polar surface area (TPSA) is 97.4 Å². The molecule has 0 aliphatic carbocycles. The van der Waals surface area contributed by atoms with Crippen LogP contribution < -0.4 is 11.2 Å². The summed E-state index contributed by atoms with van der Waals surface area (Å²) >= 11 is 0. The molecule has 0 atom stereocenters. The second-order valence-corrected chi connectivity index (χ2v) is 7.71. The minimum absolute atomic E-state index is 0.139. The molecule has 0 aromatic carbocycles. The average Bonchev–Trinajstić information content (AvgIpc) is 3.01. The zero-order chi connectivity index (χ0) is 18.6. The first-order valence-corrected chi connectivity index (χ1v) is 10.1. The van der Waals surface area contributed by atoms with E-state index in [9.17, 15) is 14.2 Å². The predicted octanol–water partition coefficient (Wildman–Crippen LogP) is 1.57. The van der Waals surface area contributed by atoms with Crippen molar-refractivity contribution >= 4 is 18.8 Å². The number of hydrogen-bond donors (Lipinski definition) is 0. The lowest BCUT2D eigenvalue weighted by Crippen LogP contribution is -2.39. The van der Waals surface area contributed by atoms with Gasteiger partial charge in [0.25, 0.3) is 5.56 Å². The molecule has 2 aromatic rings. The third kappa shape index (κ3) is 3.94. The van der Waals surface area contributed by atoms with Crippen LogP contribution in [0, 0.1) is 0 Å². The van der Waals surface area contributed by atoms with E-state index in [1.807, 2.05) is 6.92 Å². The molecule has 2 heterocycles. The van der Waals surface area contributed by atoms with Crippen LogP contribution in [0.3, 0.4) is 0 Å². The van der Waals surface area contributed by atoms with Crippen molar-refractivity contribution < 1.29 is 13.6 Å². The molecule has 0 radical (unpaired) electrons. The summed E-state index contributed by atoms with van der Waals surface area (Å²) < 4.78 is 27.2. The summed E-state index contributed by atoms with van der Waals surface area (Å²) in [5, 5.41) is 0. The number of aromatic nitrogens is 4. The quantitative estimate of drug-likeness (QED) is 0.620. The van der Waals surface area contributed by atoms with Crippen molar-refractivity contribution in [3.63, 3.8) is 0 Å². The molecule has 0 aliphatic heterocycles. The summed E-state index contributed by atoms with van der Waals surface area (Å²) in [6.45, 7) is 6.66. The molecule has 0 N–H and O–H groups in total. The Balaban J connectivity index is 2.31. The van der Waals surface area contributed by atoms with Crippen molar-refractivity contribution in [3.05, 3.63) is 27.2 Å². The fourth-order valence-corrected chi connectivity index (χ4v) is 4.39. The Kier molecular flexibility index (Phi) is 6.37. The van der Waals surface area contributed by atoms with E-state index >= 15 is 0 Å². The van der Waals surface area contributed by atoms with Crippen molar-refractivity contribution in [1.29, 1.82) is 0 Å². The summed E-state index contributed by atoms with van der Waals surface area (Å²) in [5.41, 5.74) is -0.0774. The van der Waals surface area contributed by atoms with Crippen LogP contribution in [0.15, 0.2) is 15.9 Å². The van der Waals surface area contributed by atoms with Gasteiger partial charge in [0.2, 0.25) is 0 Å². The Morgan fingerprint density at radius 1 is 1.16 bits per heavy atom. The van der Waals surface area contributed by atoms with Gasteiger partial charge in [-0.25, -0.2) is 9.78 Å². The maximum absolute atomic E-state index is 12.7. The standard InChI is InChI=1S/C15H25N4O5P/c1-5-18-11-16-13-12(18)14(20)19(15(21)17(13)4)9-8-10-25(22,23-6-2)24-7-3/h11H,5-10H2,1-4H3. The molecule has 0 fully saturated rings. The molecule has 10 heteroatoms. The van der Waals surface area contributed by atoms with Crippen LogP contribution >= 0.6 is 7.60 Å². The zero-order valence-corrected chi connectivity index (χ0v) is 16.0. The van der Waals surface area contributed by atoms with Gasteiger partial charge in [-0.1, -0.05) is 0 Å². The maximum Gasteiger partial charge on any atom is 0.332 e. The van der Waals surface area contributed by atoms with Gasteiger partial charge in [-0.15, -0.1) is 0 Å². The molecule has 0 aliphatic rings. The monoisotopic (exact) mass is 372 g/mol. The van der Waals surface area contributed by atoms with Crippen LogP contribution in [0.25, 0.3) is 11.2 Å². The van der Waals surface area contributed by atoms with Gasteiger partial charge in [0.1, 0.15) is 0 Å². The smallest absolute Gasteiger partial charge is 0.325 e. The second-order valence-electron chi connectivity index (χ2n) is 5.52. The highest BCUT2D eigenvalue weighted by molar-refractivity contribution is 7.53. The summed E-state index contributed by atoms with van der Waals surface area (Å²) in [6, 6.07) is 0. The summed E-state index contributed by atoms with van der Waals surface area (Å²) in [7, 11) is -1.61. The van der Waals surface area contributed by atoms with E-state index in [-0.39, 0.29) is 31.5 Å². The van der Waals surface area contributed by atoms with Crippen LogP contribution in [0.1, 0.15) is 27.2 Å². The van der Waals surface area contributed by atoms with Crippen LogP contribution in [0.5, 0.6) is 0 Å². The Morgan fingerprint density at radius 2 is 1.80 bits per heavy atom. The van der Waals surface area contributed by atoms with Gasteiger partial charge in [-0.2, -0.15) is 0 Å². The largest absolute Gasteiger partial charge is 0.332 e. The number of imidazole rings is 1. The van der Waals surface area contributed by atoms with E-state index < -0.39 is 13.3 Å². The van der Waals surface area contributed by atoms with E-state index in [0.717, 1.165) is 4.57 Å². The Bertz CT molecular complexity index is 888. The van der Waals surface area contributed by atoms with Crippen LogP contribution in [-0.4, -0.2) is 38.1 Å². The highest BCUT2D eigenvalue weighted by Crippen LogP contribution is 2.48. The fraction of sp³-hybridized carbons (Fsp3) is 0.667. The predicted molar refractivity (Wildman–Crippen MR) is 95.3 cm³/mol. The molecule has 0 amide bonds. The van der Waals surface area contributed by atoms with Gasteiger partial charge in [0, 0.05) is 20.1 Å². The van der Waals surface area contributed by atoms with Crippen LogP contribution in [0.2, 0.25) is 0 Å². The van der Waals surface area contributed by atoms with Crippen molar-refractivity contribution in [2.75, 3.05) is 19.4 Å². The van der Waals surface area contributed by atoms with Gasteiger partial charge in [-0.05, 0) is 27.2 Å². The maximum atomic E-state index is 12.7. The highest BCUT2D eigenvalue weighted by Gasteiger charge is 2.23. The number of hydrogen-bond acceptors (Lipinski definition) is 6. The van der Waals surface area contributed by atoms with E-state index in [0.29, 0.717) is 24.1 Å². The molecule has 25 heavy (non-hydrogen) atoms. The number of fused-ring (bicyclic) bond motifs is 1. The summed E-state index contributed by atoms with van der Waals surface area (Å²) in [4.78, 5) is 29.3. The SMILES string of the molecule is CCOP(=O)(CCCn1c(=O)c2c(ncn2CC)n(C)c1=O)OCC. The van der Waals surface area contributed by atoms with E-state index in [2.05, 4.69) is 4.98 Å². The number of aryl methyl sites for hydroxylation is 2. The van der Waals surface area contributed by atoms with Gasteiger partial charge in [0.05, 0.1) is 25.7 Å². The number of rotatable bonds is 9. The van der Waals surface area contributed by atoms with Crippen LogP contribution in [-0.2, 0) is 33.7 Å². The molecule has 2 aromatic heterocycles. The second kappa shape index (κ2) is 8.12. The third-order valence-electron chi connectivity index (χ3n) is 3.91. The first-order valence-electron chi connectivity index (χ1n) is 8.41. The van der Waals surface area contributed by atoms with E-state index in [4.69, 9.17) is 9.05 Å². The van der Waals surface area contributed by atoms with Crippen molar-refractivity contribution in [2.45, 2.75) is 40.3 Å². The molecule has 140 valence electrons. The molecular formula is C15H25N4O5P. The molecule has 0 saturated carbocycles. The first kappa shape index (κ1) is 19.6. The van der Waals surface area contributed by atoms with Crippen molar-refractivity contribution in [1.82, 2.24) is 18.7 Å². The first-order chi connectivity index (χ1) is 11.9. The normalized spacial score (nSPS) is 12.2. The number of nitrogens with zero attached hydrogens (tertiary/aromatic N) is 4. The third-order valence-corrected chi connectivity index (χ3v) is 6.07. The van der Waals surface area contributed by atoms with E-state index in [1.165, 1.54) is 4.57 Å². The average molecular weight is 372 g/mol. The molecule has 2 rings (SSSR count). The minimum atomic E-state index is -3.19. The zero-order valence-electron chi connectivity index (χ0n) is 15.1. The summed E-state index contributed by atoms with van der Waals surface area (Å²) in [6.07, 6.45) is 2.03. The molecular weight excluding hydrogens is 347 g/mol. The molecule has 0 unspecified atom stereocenters. The molecule has 9 nitrogen and oxygen atoms in total. The van der Waals surface area contributed by atoms with Crippen LogP contribution in [0.4, 0.5) is 0 Å². The molecule has 0 spiro atoms. The minimum Gasteiger partial charge on any atom is -0.325 e. The Labute approximate surface area is 145 Å². The van der Waals surface area contributed by atoms with Crippen molar-refractivity contribution in [3.8, 4) is 0 Å². The van der Waals surface area contributed by atoms with E-state index in [1.54, 1.807) is 31.8 Å². The molecule has 0 saturated heterocycles. The summed E-state index contributed by atoms with van der Waals surface area (Å²) in [5.74, 6) is 0. The highest BCUT2D eigenvalue weighted by atomic mass is 31.2.